The number of imide groups is 1. The standard InChI is InChI=1S/C21H23N3O2/c1-23-14-12-21(13-15-23)18(16-8-4-2-5-9-16)19(25)24(20(21)26)22-17-10-6-3-7-11-17/h2-11,18,22H,12-15H2,1H3. The molecule has 5 nitrogen and oxygen atoms in total. The van der Waals surface area contributed by atoms with Crippen molar-refractivity contribution in [2.75, 3.05) is 25.6 Å². The zero-order valence-corrected chi connectivity index (χ0v) is 14.9. The van der Waals surface area contributed by atoms with Crippen LogP contribution in [0.4, 0.5) is 5.69 Å². The van der Waals surface area contributed by atoms with Crippen LogP contribution < -0.4 is 5.43 Å². The Morgan fingerprint density at radius 3 is 2.12 bits per heavy atom. The predicted octanol–water partition coefficient (Wildman–Crippen LogP) is 2.88. The molecule has 0 bridgehead atoms. The molecule has 1 unspecified atom stereocenters. The summed E-state index contributed by atoms with van der Waals surface area (Å²) in [4.78, 5) is 28.9. The van der Waals surface area contributed by atoms with Crippen LogP contribution in [0.15, 0.2) is 60.7 Å². The first-order valence-electron chi connectivity index (χ1n) is 9.05. The number of hydrazine groups is 1. The Hall–Kier alpha value is -2.66. The summed E-state index contributed by atoms with van der Waals surface area (Å²) in [5.41, 5.74) is 4.05. The first-order valence-corrected chi connectivity index (χ1v) is 9.05. The fourth-order valence-electron chi connectivity index (χ4n) is 4.19. The van der Waals surface area contributed by atoms with E-state index in [0.717, 1.165) is 24.3 Å². The molecule has 2 heterocycles. The van der Waals surface area contributed by atoms with Crippen LogP contribution in [0.3, 0.4) is 0 Å². The topological polar surface area (TPSA) is 52.7 Å². The van der Waals surface area contributed by atoms with E-state index in [1.807, 2.05) is 60.7 Å². The van der Waals surface area contributed by atoms with Crippen LogP contribution in [0.25, 0.3) is 0 Å². The van der Waals surface area contributed by atoms with E-state index in [0.29, 0.717) is 12.8 Å². The van der Waals surface area contributed by atoms with Crippen molar-refractivity contribution in [3.8, 4) is 0 Å². The molecule has 2 saturated heterocycles. The summed E-state index contributed by atoms with van der Waals surface area (Å²) < 4.78 is 0. The van der Waals surface area contributed by atoms with Crippen molar-refractivity contribution in [2.24, 2.45) is 5.41 Å². The molecule has 4 rings (SSSR count). The molecule has 1 N–H and O–H groups in total. The van der Waals surface area contributed by atoms with E-state index in [2.05, 4.69) is 17.4 Å². The highest BCUT2D eigenvalue weighted by Gasteiger charge is 2.60. The number of rotatable bonds is 3. The minimum absolute atomic E-state index is 0.103. The molecule has 1 atom stereocenters. The number of carbonyl (C=O) groups excluding carboxylic acids is 2. The molecule has 2 amide bonds. The number of nitrogens with zero attached hydrogens (tertiary/aromatic N) is 2. The van der Waals surface area contributed by atoms with Gasteiger partial charge >= 0.3 is 0 Å². The van der Waals surface area contributed by atoms with Crippen molar-refractivity contribution in [2.45, 2.75) is 18.8 Å². The van der Waals surface area contributed by atoms with Crippen LogP contribution in [-0.2, 0) is 9.59 Å². The Morgan fingerprint density at radius 2 is 1.50 bits per heavy atom. The van der Waals surface area contributed by atoms with Crippen molar-refractivity contribution in [3.63, 3.8) is 0 Å². The third-order valence-corrected chi connectivity index (χ3v) is 5.68. The lowest BCUT2D eigenvalue weighted by molar-refractivity contribution is -0.140. The minimum atomic E-state index is -0.660. The van der Waals surface area contributed by atoms with Crippen LogP contribution >= 0.6 is 0 Å². The van der Waals surface area contributed by atoms with Crippen LogP contribution in [0.1, 0.15) is 24.3 Å². The number of likely N-dealkylation sites (tertiary alicyclic amines) is 1. The van der Waals surface area contributed by atoms with E-state index in [1.165, 1.54) is 5.01 Å². The zero-order chi connectivity index (χ0) is 18.1. The van der Waals surface area contributed by atoms with E-state index in [1.54, 1.807) is 0 Å². The first-order chi connectivity index (χ1) is 12.6. The molecule has 2 aromatic carbocycles. The smallest absolute Gasteiger partial charge is 0.256 e. The second kappa shape index (κ2) is 6.57. The van der Waals surface area contributed by atoms with E-state index in [9.17, 15) is 9.59 Å². The van der Waals surface area contributed by atoms with Crippen molar-refractivity contribution < 1.29 is 9.59 Å². The summed E-state index contributed by atoms with van der Waals surface area (Å²) in [5, 5.41) is 1.25. The number of anilines is 1. The number of para-hydroxylation sites is 1. The second-order valence-corrected chi connectivity index (χ2v) is 7.26. The summed E-state index contributed by atoms with van der Waals surface area (Å²) in [7, 11) is 2.06. The lowest BCUT2D eigenvalue weighted by atomic mass is 9.67. The molecule has 0 radical (unpaired) electrons. The van der Waals surface area contributed by atoms with Gasteiger partial charge in [-0.05, 0) is 50.7 Å². The fourth-order valence-corrected chi connectivity index (χ4v) is 4.19. The van der Waals surface area contributed by atoms with E-state index in [-0.39, 0.29) is 11.8 Å². The largest absolute Gasteiger partial charge is 0.306 e. The molecule has 0 aromatic heterocycles. The molecule has 0 saturated carbocycles. The Kier molecular flexibility index (Phi) is 4.24. The lowest BCUT2D eigenvalue weighted by Crippen LogP contribution is -2.46. The number of amides is 2. The highest BCUT2D eigenvalue weighted by atomic mass is 16.2. The van der Waals surface area contributed by atoms with Gasteiger partial charge in [0.2, 0.25) is 0 Å². The number of hydrogen-bond acceptors (Lipinski definition) is 4. The Balaban J connectivity index is 1.73. The third kappa shape index (κ3) is 2.69. The summed E-state index contributed by atoms with van der Waals surface area (Å²) in [5.74, 6) is -0.691. The number of benzene rings is 2. The maximum Gasteiger partial charge on any atom is 0.256 e. The van der Waals surface area contributed by atoms with Gasteiger partial charge < -0.3 is 4.90 Å². The summed E-state index contributed by atoms with van der Waals surface area (Å²) in [6.07, 6.45) is 1.39. The molecule has 5 heteroatoms. The monoisotopic (exact) mass is 349 g/mol. The van der Waals surface area contributed by atoms with Gasteiger partial charge in [-0.1, -0.05) is 48.5 Å². The van der Waals surface area contributed by atoms with Gasteiger partial charge in [-0.25, -0.2) is 0 Å². The normalized spacial score (nSPS) is 22.8. The fraction of sp³-hybridized carbons (Fsp3) is 0.333. The van der Waals surface area contributed by atoms with Crippen molar-refractivity contribution in [3.05, 3.63) is 66.2 Å². The average molecular weight is 349 g/mol. The molecular weight excluding hydrogens is 326 g/mol. The van der Waals surface area contributed by atoms with Gasteiger partial charge in [0.1, 0.15) is 0 Å². The van der Waals surface area contributed by atoms with Gasteiger partial charge in [0.15, 0.2) is 0 Å². The van der Waals surface area contributed by atoms with Crippen LogP contribution in [0, 0.1) is 5.41 Å². The Bertz CT molecular complexity index is 799. The molecule has 2 aromatic rings. The van der Waals surface area contributed by atoms with Crippen LogP contribution in [0.2, 0.25) is 0 Å². The van der Waals surface area contributed by atoms with E-state index >= 15 is 0 Å². The molecule has 2 aliphatic rings. The molecule has 1 spiro atoms. The molecule has 134 valence electrons. The SMILES string of the molecule is CN1CCC2(CC1)C(=O)N(Nc1ccccc1)C(=O)C2c1ccccc1. The minimum Gasteiger partial charge on any atom is -0.306 e. The Morgan fingerprint density at radius 1 is 0.923 bits per heavy atom. The van der Waals surface area contributed by atoms with Gasteiger partial charge in [-0.15, -0.1) is 0 Å². The molecule has 2 fully saturated rings. The highest BCUT2D eigenvalue weighted by Crippen LogP contribution is 2.51. The predicted molar refractivity (Wildman–Crippen MR) is 100 cm³/mol. The van der Waals surface area contributed by atoms with Gasteiger partial charge in [-0.3, -0.25) is 15.0 Å². The van der Waals surface area contributed by atoms with Crippen molar-refractivity contribution >= 4 is 17.5 Å². The highest BCUT2D eigenvalue weighted by molar-refractivity contribution is 6.11. The number of hydrogen-bond donors (Lipinski definition) is 1. The maximum absolute atomic E-state index is 13.4. The number of nitrogens with one attached hydrogen (secondary N) is 1. The molecule has 2 aliphatic heterocycles. The first kappa shape index (κ1) is 16.8. The summed E-state index contributed by atoms with van der Waals surface area (Å²) >= 11 is 0. The zero-order valence-electron chi connectivity index (χ0n) is 14.9. The van der Waals surface area contributed by atoms with Gasteiger partial charge in [0.05, 0.1) is 17.0 Å². The lowest BCUT2D eigenvalue weighted by Gasteiger charge is -2.38. The number of piperidine rings is 1. The van der Waals surface area contributed by atoms with Gasteiger partial charge in [0, 0.05) is 0 Å². The van der Waals surface area contributed by atoms with Gasteiger partial charge in [-0.2, -0.15) is 5.01 Å². The quantitative estimate of drug-likeness (QED) is 0.866. The molecule has 26 heavy (non-hydrogen) atoms. The van der Waals surface area contributed by atoms with E-state index < -0.39 is 11.3 Å². The van der Waals surface area contributed by atoms with Gasteiger partial charge in [0.25, 0.3) is 11.8 Å². The Labute approximate surface area is 153 Å². The third-order valence-electron chi connectivity index (χ3n) is 5.68. The van der Waals surface area contributed by atoms with Crippen molar-refractivity contribution in [1.82, 2.24) is 9.91 Å². The molecule has 0 aliphatic carbocycles. The summed E-state index contributed by atoms with van der Waals surface area (Å²) in [6.45, 7) is 1.64. The second-order valence-electron chi connectivity index (χ2n) is 7.26. The van der Waals surface area contributed by atoms with Crippen molar-refractivity contribution in [1.29, 1.82) is 0 Å². The van der Waals surface area contributed by atoms with Crippen LogP contribution in [0.5, 0.6) is 0 Å². The van der Waals surface area contributed by atoms with E-state index in [4.69, 9.17) is 0 Å². The van der Waals surface area contributed by atoms with Crippen LogP contribution in [-0.4, -0.2) is 41.9 Å². The summed E-state index contributed by atoms with van der Waals surface area (Å²) in [6, 6.07) is 19.1. The average Bonchev–Trinajstić information content (AvgIpc) is 2.87. The number of carbonyl (C=O) groups is 2. The maximum atomic E-state index is 13.4. The molecular formula is C21H23N3O2.